The Morgan fingerprint density at radius 2 is 2.06 bits per heavy atom. The summed E-state index contributed by atoms with van der Waals surface area (Å²) < 4.78 is 5.03. The molecule has 1 saturated heterocycles. The number of carbonyl (C=O) groups is 2. The lowest BCUT2D eigenvalue weighted by Gasteiger charge is -2.37. The fraction of sp³-hybridized carbons (Fsp3) is 0.833. The van der Waals surface area contributed by atoms with E-state index in [9.17, 15) is 9.59 Å². The number of ether oxygens (including phenoxy) is 1. The van der Waals surface area contributed by atoms with Crippen molar-refractivity contribution in [2.24, 2.45) is 5.41 Å². The number of nitrogens with zero attached hydrogens (tertiary/aromatic N) is 1. The average molecular weight is 259 g/mol. The fourth-order valence-electron chi connectivity index (χ4n) is 1.71. The Bertz CT molecular complexity index is 299. The third-order valence-electron chi connectivity index (χ3n) is 2.59. The molecule has 0 bridgehead atoms. The zero-order chi connectivity index (χ0) is 13.1. The summed E-state index contributed by atoms with van der Waals surface area (Å²) in [5.41, 5.74) is -0.452. The van der Waals surface area contributed by atoms with Gasteiger partial charge in [-0.25, -0.2) is 4.79 Å². The monoisotopic (exact) mass is 259 g/mol. The minimum Gasteiger partial charge on any atom is -0.464 e. The zero-order valence-corrected chi connectivity index (χ0v) is 11.8. The summed E-state index contributed by atoms with van der Waals surface area (Å²) in [6.07, 6.45) is 0. The van der Waals surface area contributed by atoms with E-state index in [1.165, 1.54) is 0 Å². The van der Waals surface area contributed by atoms with Gasteiger partial charge in [-0.2, -0.15) is 11.8 Å². The molecule has 1 atom stereocenters. The molecule has 1 rings (SSSR count). The van der Waals surface area contributed by atoms with Crippen LogP contribution < -0.4 is 0 Å². The van der Waals surface area contributed by atoms with Gasteiger partial charge in [0.05, 0.1) is 6.61 Å². The predicted octanol–water partition coefficient (Wildman–Crippen LogP) is 1.54. The molecule has 1 amide bonds. The lowest BCUT2D eigenvalue weighted by Crippen LogP contribution is -2.54. The van der Waals surface area contributed by atoms with E-state index in [0.29, 0.717) is 18.9 Å². The van der Waals surface area contributed by atoms with E-state index in [0.717, 1.165) is 5.75 Å². The molecule has 0 aromatic heterocycles. The standard InChI is InChI=1S/C12H21NO3S/c1-5-16-10(14)9-8-17-7-6-13(9)11(15)12(2,3)4/h9H,5-8H2,1-4H3. The molecule has 1 aliphatic heterocycles. The van der Waals surface area contributed by atoms with E-state index in [1.807, 2.05) is 20.8 Å². The summed E-state index contributed by atoms with van der Waals surface area (Å²) in [5, 5.41) is 0. The highest BCUT2D eigenvalue weighted by Crippen LogP contribution is 2.24. The van der Waals surface area contributed by atoms with E-state index in [1.54, 1.807) is 23.6 Å². The van der Waals surface area contributed by atoms with Gasteiger partial charge in [-0.1, -0.05) is 20.8 Å². The number of thioether (sulfide) groups is 1. The molecule has 0 saturated carbocycles. The van der Waals surface area contributed by atoms with Crippen molar-refractivity contribution in [1.29, 1.82) is 0 Å². The van der Waals surface area contributed by atoms with Crippen molar-refractivity contribution in [1.82, 2.24) is 4.90 Å². The van der Waals surface area contributed by atoms with Gasteiger partial charge in [0.25, 0.3) is 0 Å². The molecule has 0 spiro atoms. The predicted molar refractivity (Wildman–Crippen MR) is 68.9 cm³/mol. The molecule has 0 radical (unpaired) electrons. The Labute approximate surface area is 107 Å². The van der Waals surface area contributed by atoms with E-state index in [2.05, 4.69) is 0 Å². The van der Waals surface area contributed by atoms with Crippen molar-refractivity contribution in [2.75, 3.05) is 24.7 Å². The van der Waals surface area contributed by atoms with Gasteiger partial charge in [-0.05, 0) is 6.92 Å². The zero-order valence-electron chi connectivity index (χ0n) is 11.0. The van der Waals surface area contributed by atoms with Crippen molar-refractivity contribution < 1.29 is 14.3 Å². The van der Waals surface area contributed by atoms with Gasteiger partial charge in [0.2, 0.25) is 5.91 Å². The molecule has 1 fully saturated rings. The van der Waals surface area contributed by atoms with Gasteiger partial charge < -0.3 is 9.64 Å². The summed E-state index contributed by atoms with van der Waals surface area (Å²) in [7, 11) is 0. The largest absolute Gasteiger partial charge is 0.464 e. The topological polar surface area (TPSA) is 46.6 Å². The van der Waals surface area contributed by atoms with Crippen molar-refractivity contribution in [3.05, 3.63) is 0 Å². The average Bonchev–Trinajstić information content (AvgIpc) is 2.27. The quantitative estimate of drug-likeness (QED) is 0.706. The molecule has 1 aliphatic rings. The first-order valence-electron chi connectivity index (χ1n) is 5.93. The Balaban J connectivity index is 2.79. The summed E-state index contributed by atoms with van der Waals surface area (Å²) in [4.78, 5) is 25.7. The molecule has 98 valence electrons. The Morgan fingerprint density at radius 3 is 2.59 bits per heavy atom. The second-order valence-corrected chi connectivity index (χ2v) is 6.24. The van der Waals surface area contributed by atoms with E-state index >= 15 is 0 Å². The maximum Gasteiger partial charge on any atom is 0.329 e. The van der Waals surface area contributed by atoms with Crippen molar-refractivity contribution in [3.8, 4) is 0 Å². The van der Waals surface area contributed by atoms with Crippen molar-refractivity contribution >= 4 is 23.6 Å². The van der Waals surface area contributed by atoms with E-state index in [-0.39, 0.29) is 11.9 Å². The lowest BCUT2D eigenvalue weighted by molar-refractivity contribution is -0.156. The van der Waals surface area contributed by atoms with Crippen LogP contribution in [-0.4, -0.2) is 47.5 Å². The number of esters is 1. The number of carbonyl (C=O) groups excluding carboxylic acids is 2. The second-order valence-electron chi connectivity index (χ2n) is 5.09. The van der Waals surface area contributed by atoms with Crippen LogP contribution in [0, 0.1) is 5.41 Å². The van der Waals surface area contributed by atoms with Crippen LogP contribution in [0.15, 0.2) is 0 Å². The second kappa shape index (κ2) is 5.76. The molecule has 0 N–H and O–H groups in total. The minimum absolute atomic E-state index is 0.0239. The molecule has 0 aromatic rings. The third-order valence-corrected chi connectivity index (χ3v) is 3.61. The maximum atomic E-state index is 12.2. The van der Waals surface area contributed by atoms with E-state index in [4.69, 9.17) is 4.74 Å². The number of hydrogen-bond donors (Lipinski definition) is 0. The van der Waals surface area contributed by atoms with Crippen molar-refractivity contribution in [3.63, 3.8) is 0 Å². The van der Waals surface area contributed by atoms with Gasteiger partial charge >= 0.3 is 5.97 Å². The Morgan fingerprint density at radius 1 is 1.41 bits per heavy atom. The molecule has 4 nitrogen and oxygen atoms in total. The normalized spacial score (nSPS) is 21.2. The summed E-state index contributed by atoms with van der Waals surface area (Å²) >= 11 is 1.69. The first-order valence-corrected chi connectivity index (χ1v) is 7.09. The van der Waals surface area contributed by atoms with Crippen LogP contribution in [0.3, 0.4) is 0 Å². The SMILES string of the molecule is CCOC(=O)C1CSCCN1C(=O)C(C)(C)C. The summed E-state index contributed by atoms with van der Waals surface area (Å²) in [5.74, 6) is 1.27. The van der Waals surface area contributed by atoms with Gasteiger partial charge in [0.15, 0.2) is 0 Å². The highest BCUT2D eigenvalue weighted by molar-refractivity contribution is 7.99. The van der Waals surface area contributed by atoms with Crippen LogP contribution in [0.1, 0.15) is 27.7 Å². The van der Waals surface area contributed by atoms with Crippen LogP contribution in [0.25, 0.3) is 0 Å². The highest BCUT2D eigenvalue weighted by Gasteiger charge is 2.37. The number of rotatable bonds is 2. The molecule has 0 aliphatic carbocycles. The van der Waals surface area contributed by atoms with Gasteiger partial charge in [0.1, 0.15) is 6.04 Å². The number of hydrogen-bond acceptors (Lipinski definition) is 4. The van der Waals surface area contributed by atoms with Gasteiger partial charge in [-0.15, -0.1) is 0 Å². The first kappa shape index (κ1) is 14.4. The maximum absolute atomic E-state index is 12.2. The molecular weight excluding hydrogens is 238 g/mol. The van der Waals surface area contributed by atoms with E-state index < -0.39 is 11.5 Å². The summed E-state index contributed by atoms with van der Waals surface area (Å²) in [6, 6.07) is -0.416. The molecular formula is C12H21NO3S. The van der Waals surface area contributed by atoms with Crippen LogP contribution in [0.5, 0.6) is 0 Å². The molecule has 17 heavy (non-hydrogen) atoms. The van der Waals surface area contributed by atoms with Crippen molar-refractivity contribution in [2.45, 2.75) is 33.7 Å². The van der Waals surface area contributed by atoms with Crippen LogP contribution in [0.2, 0.25) is 0 Å². The first-order chi connectivity index (χ1) is 7.88. The van der Waals surface area contributed by atoms with Gasteiger partial charge in [0, 0.05) is 23.5 Å². The van der Waals surface area contributed by atoms with Crippen LogP contribution >= 0.6 is 11.8 Å². The van der Waals surface area contributed by atoms with Gasteiger partial charge in [-0.3, -0.25) is 4.79 Å². The fourth-order valence-corrected chi connectivity index (χ4v) is 2.74. The Kier molecular flexibility index (Phi) is 4.86. The van der Waals surface area contributed by atoms with Crippen LogP contribution in [-0.2, 0) is 14.3 Å². The molecule has 0 aromatic carbocycles. The van der Waals surface area contributed by atoms with Crippen LogP contribution in [0.4, 0.5) is 0 Å². The number of amides is 1. The molecule has 1 unspecified atom stereocenters. The lowest BCUT2D eigenvalue weighted by atomic mass is 9.94. The summed E-state index contributed by atoms with van der Waals surface area (Å²) in [6.45, 7) is 8.39. The smallest absolute Gasteiger partial charge is 0.329 e. The Hall–Kier alpha value is -0.710. The highest BCUT2D eigenvalue weighted by atomic mass is 32.2. The minimum atomic E-state index is -0.452. The third kappa shape index (κ3) is 3.63. The molecule has 5 heteroatoms. The molecule has 1 heterocycles.